The molecule has 0 unspecified atom stereocenters. The maximum Gasteiger partial charge on any atom is 0.226 e. The molecular formula is C21H20N2O4S. The molecule has 1 amide bonds. The van der Waals surface area contributed by atoms with Gasteiger partial charge in [-0.1, -0.05) is 30.3 Å². The van der Waals surface area contributed by atoms with E-state index in [1.54, 1.807) is 13.2 Å². The van der Waals surface area contributed by atoms with Gasteiger partial charge in [-0.05, 0) is 6.07 Å². The van der Waals surface area contributed by atoms with Gasteiger partial charge in [-0.25, -0.2) is 4.98 Å². The Morgan fingerprint density at radius 2 is 1.93 bits per heavy atom. The normalized spacial score (nSPS) is 12.5. The molecule has 144 valence electrons. The molecule has 0 saturated heterocycles. The van der Waals surface area contributed by atoms with Crippen molar-refractivity contribution in [3.05, 3.63) is 59.1 Å². The molecule has 0 aliphatic carbocycles. The van der Waals surface area contributed by atoms with E-state index in [9.17, 15) is 4.79 Å². The Morgan fingerprint density at radius 1 is 1.18 bits per heavy atom. The van der Waals surface area contributed by atoms with E-state index in [1.165, 1.54) is 11.3 Å². The summed E-state index contributed by atoms with van der Waals surface area (Å²) in [5, 5.41) is 5.76. The van der Waals surface area contributed by atoms with E-state index in [0.29, 0.717) is 37.0 Å². The number of hydrogen-bond donors (Lipinski definition) is 1. The summed E-state index contributed by atoms with van der Waals surface area (Å²) in [6.45, 7) is 1.37. The van der Waals surface area contributed by atoms with Crippen LogP contribution in [0.25, 0.3) is 10.6 Å². The molecule has 1 aromatic heterocycles. The summed E-state index contributed by atoms with van der Waals surface area (Å²) in [4.78, 5) is 16.9. The second-order valence-corrected chi connectivity index (χ2v) is 7.13. The maximum absolute atomic E-state index is 12.4. The van der Waals surface area contributed by atoms with E-state index >= 15 is 0 Å². The van der Waals surface area contributed by atoms with Gasteiger partial charge in [0.2, 0.25) is 5.91 Å². The molecule has 2 heterocycles. The third-order valence-corrected chi connectivity index (χ3v) is 5.28. The lowest BCUT2D eigenvalue weighted by Crippen LogP contribution is -2.25. The van der Waals surface area contributed by atoms with Gasteiger partial charge in [0.1, 0.15) is 24.0 Å². The van der Waals surface area contributed by atoms with E-state index < -0.39 is 0 Å². The number of fused-ring (bicyclic) bond motifs is 1. The zero-order valence-corrected chi connectivity index (χ0v) is 16.3. The van der Waals surface area contributed by atoms with Gasteiger partial charge < -0.3 is 19.5 Å². The molecule has 1 aliphatic rings. The Kier molecular flexibility index (Phi) is 5.43. The van der Waals surface area contributed by atoms with E-state index in [1.807, 2.05) is 41.8 Å². The molecule has 6 nitrogen and oxygen atoms in total. The molecule has 0 saturated carbocycles. The van der Waals surface area contributed by atoms with Gasteiger partial charge in [-0.2, -0.15) is 0 Å². The fraction of sp³-hybridized carbons (Fsp3) is 0.238. The van der Waals surface area contributed by atoms with Crippen molar-refractivity contribution < 1.29 is 19.0 Å². The molecule has 0 bridgehead atoms. The largest absolute Gasteiger partial charge is 0.496 e. The summed E-state index contributed by atoms with van der Waals surface area (Å²) < 4.78 is 16.6. The van der Waals surface area contributed by atoms with Crippen LogP contribution in [0.2, 0.25) is 0 Å². The number of carbonyl (C=O) groups is 1. The summed E-state index contributed by atoms with van der Waals surface area (Å²) in [7, 11) is 1.59. The maximum atomic E-state index is 12.4. The highest BCUT2D eigenvalue weighted by Gasteiger charge is 2.17. The first-order valence-corrected chi connectivity index (χ1v) is 9.84. The number of hydrogen-bond acceptors (Lipinski definition) is 6. The minimum Gasteiger partial charge on any atom is -0.496 e. The van der Waals surface area contributed by atoms with Gasteiger partial charge in [-0.15, -0.1) is 11.3 Å². The van der Waals surface area contributed by atoms with Crippen molar-refractivity contribution in [2.45, 2.75) is 13.0 Å². The fourth-order valence-electron chi connectivity index (χ4n) is 2.96. The monoisotopic (exact) mass is 396 g/mol. The lowest BCUT2D eigenvalue weighted by molar-refractivity contribution is -0.120. The van der Waals surface area contributed by atoms with Crippen molar-refractivity contribution >= 4 is 17.2 Å². The number of benzene rings is 2. The van der Waals surface area contributed by atoms with Gasteiger partial charge >= 0.3 is 0 Å². The molecule has 2 aromatic carbocycles. The number of thiazole rings is 1. The van der Waals surface area contributed by atoms with Gasteiger partial charge in [0, 0.05) is 29.1 Å². The second kappa shape index (κ2) is 8.31. The Hall–Kier alpha value is -3.06. The van der Waals surface area contributed by atoms with Crippen molar-refractivity contribution in [3.8, 4) is 27.8 Å². The highest BCUT2D eigenvalue weighted by molar-refractivity contribution is 7.13. The summed E-state index contributed by atoms with van der Waals surface area (Å²) in [6.07, 6.45) is 0.232. The Labute approximate surface area is 167 Å². The number of ether oxygens (including phenoxy) is 3. The predicted octanol–water partition coefficient (Wildman–Crippen LogP) is 3.45. The van der Waals surface area contributed by atoms with Crippen LogP contribution < -0.4 is 19.5 Å². The molecule has 0 radical (unpaired) electrons. The van der Waals surface area contributed by atoms with Crippen LogP contribution in [-0.4, -0.2) is 31.2 Å². The minimum absolute atomic E-state index is 0.0955. The van der Waals surface area contributed by atoms with Crippen molar-refractivity contribution in [2.24, 2.45) is 0 Å². The Bertz CT molecular complexity index is 972. The lowest BCUT2D eigenvalue weighted by Gasteiger charge is -2.20. The number of rotatable bonds is 6. The third-order valence-electron chi connectivity index (χ3n) is 4.34. The second-order valence-electron chi connectivity index (χ2n) is 6.27. The van der Waals surface area contributed by atoms with Crippen LogP contribution >= 0.6 is 11.3 Å². The average Bonchev–Trinajstić information content (AvgIpc) is 3.20. The summed E-state index contributed by atoms with van der Waals surface area (Å²) in [5.74, 6) is 1.89. The van der Waals surface area contributed by atoms with E-state index in [0.717, 1.165) is 21.8 Å². The number of amides is 1. The molecule has 28 heavy (non-hydrogen) atoms. The van der Waals surface area contributed by atoms with Gasteiger partial charge in [-0.3, -0.25) is 4.79 Å². The van der Waals surface area contributed by atoms with Crippen molar-refractivity contribution in [1.29, 1.82) is 0 Å². The standard InChI is InChI=1S/C21H20N2O4S/c1-25-17-11-19-18(26-7-8-27-19)9-15(17)12-22-20(24)10-16-13-28-21(23-16)14-5-3-2-4-6-14/h2-6,9,11,13H,7-8,10,12H2,1H3,(H,22,24). The quantitative estimate of drug-likeness (QED) is 0.691. The molecule has 1 N–H and O–H groups in total. The molecule has 3 aromatic rings. The van der Waals surface area contributed by atoms with Gasteiger partial charge in [0.25, 0.3) is 0 Å². The number of nitrogens with zero attached hydrogens (tertiary/aromatic N) is 1. The molecule has 1 aliphatic heterocycles. The molecular weight excluding hydrogens is 376 g/mol. The SMILES string of the molecule is COc1cc2c(cc1CNC(=O)Cc1csc(-c3ccccc3)n1)OCCO2. The fourth-order valence-corrected chi connectivity index (χ4v) is 3.79. The predicted molar refractivity (Wildman–Crippen MR) is 107 cm³/mol. The summed E-state index contributed by atoms with van der Waals surface area (Å²) >= 11 is 1.54. The molecule has 0 atom stereocenters. The Balaban J connectivity index is 1.39. The minimum atomic E-state index is -0.0955. The van der Waals surface area contributed by atoms with Crippen LogP contribution in [0.5, 0.6) is 17.2 Å². The van der Waals surface area contributed by atoms with Crippen molar-refractivity contribution in [1.82, 2.24) is 10.3 Å². The topological polar surface area (TPSA) is 69.7 Å². The van der Waals surface area contributed by atoms with Crippen molar-refractivity contribution in [2.75, 3.05) is 20.3 Å². The molecule has 4 rings (SSSR count). The average molecular weight is 396 g/mol. The van der Waals surface area contributed by atoms with Crippen LogP contribution in [0, 0.1) is 0 Å². The van der Waals surface area contributed by atoms with Crippen LogP contribution in [0.3, 0.4) is 0 Å². The third kappa shape index (κ3) is 4.09. The highest BCUT2D eigenvalue weighted by Crippen LogP contribution is 2.36. The first kappa shape index (κ1) is 18.3. The van der Waals surface area contributed by atoms with Gasteiger partial charge in [0.05, 0.1) is 19.2 Å². The van der Waals surface area contributed by atoms with Crippen LogP contribution in [0.15, 0.2) is 47.8 Å². The lowest BCUT2D eigenvalue weighted by atomic mass is 10.1. The zero-order chi connectivity index (χ0) is 19.3. The van der Waals surface area contributed by atoms with E-state index in [4.69, 9.17) is 14.2 Å². The van der Waals surface area contributed by atoms with E-state index in [2.05, 4.69) is 10.3 Å². The first-order chi connectivity index (χ1) is 13.7. The van der Waals surface area contributed by atoms with Crippen LogP contribution in [-0.2, 0) is 17.8 Å². The van der Waals surface area contributed by atoms with Crippen LogP contribution in [0.1, 0.15) is 11.3 Å². The smallest absolute Gasteiger partial charge is 0.226 e. The van der Waals surface area contributed by atoms with Gasteiger partial charge in [0.15, 0.2) is 11.5 Å². The number of aromatic nitrogens is 1. The Morgan fingerprint density at radius 3 is 2.68 bits per heavy atom. The number of methoxy groups -OCH3 is 1. The molecule has 0 spiro atoms. The molecule has 0 fully saturated rings. The number of carbonyl (C=O) groups excluding carboxylic acids is 1. The van der Waals surface area contributed by atoms with Crippen molar-refractivity contribution in [3.63, 3.8) is 0 Å². The summed E-state index contributed by atoms with van der Waals surface area (Å²) in [6, 6.07) is 13.6. The zero-order valence-electron chi connectivity index (χ0n) is 15.4. The van der Waals surface area contributed by atoms with Crippen LogP contribution in [0.4, 0.5) is 0 Å². The molecule has 7 heteroatoms. The number of nitrogens with one attached hydrogen (secondary N) is 1. The summed E-state index contributed by atoms with van der Waals surface area (Å²) in [5.41, 5.74) is 2.65. The van der Waals surface area contributed by atoms with E-state index in [-0.39, 0.29) is 12.3 Å². The first-order valence-electron chi connectivity index (χ1n) is 8.96. The highest BCUT2D eigenvalue weighted by atomic mass is 32.1.